The van der Waals surface area contributed by atoms with Crippen molar-refractivity contribution in [3.8, 4) is 0 Å². The predicted octanol–water partition coefficient (Wildman–Crippen LogP) is 2.51. The van der Waals surface area contributed by atoms with Crippen LogP contribution in [0.25, 0.3) is 0 Å². The van der Waals surface area contributed by atoms with Gasteiger partial charge < -0.3 is 9.73 Å². The van der Waals surface area contributed by atoms with Crippen LogP contribution in [0.3, 0.4) is 0 Å². The SMILES string of the molecule is CCNCc1cc(S(=O)(=O)N2CCCC2C(C)C)c(C)o1. The Labute approximate surface area is 127 Å². The summed E-state index contributed by atoms with van der Waals surface area (Å²) < 4.78 is 33.1. The molecule has 6 heteroatoms. The smallest absolute Gasteiger partial charge is 0.246 e. The summed E-state index contributed by atoms with van der Waals surface area (Å²) in [5.74, 6) is 1.49. The van der Waals surface area contributed by atoms with Gasteiger partial charge in [0.2, 0.25) is 10.0 Å². The van der Waals surface area contributed by atoms with Crippen molar-refractivity contribution >= 4 is 10.0 Å². The summed E-state index contributed by atoms with van der Waals surface area (Å²) in [5, 5.41) is 3.15. The molecule has 0 aromatic carbocycles. The first-order valence-corrected chi connectivity index (χ1v) is 9.13. The van der Waals surface area contributed by atoms with Crippen molar-refractivity contribution in [3.05, 3.63) is 17.6 Å². The molecule has 1 fully saturated rings. The van der Waals surface area contributed by atoms with Gasteiger partial charge in [-0.1, -0.05) is 20.8 Å². The standard InChI is InChI=1S/C15H26N2O3S/c1-5-16-10-13-9-15(12(4)20-13)21(18,19)17-8-6-7-14(17)11(2)3/h9,11,14,16H,5-8,10H2,1-4H3. The van der Waals surface area contributed by atoms with E-state index in [4.69, 9.17) is 4.42 Å². The van der Waals surface area contributed by atoms with Gasteiger partial charge in [-0.25, -0.2) is 8.42 Å². The monoisotopic (exact) mass is 314 g/mol. The highest BCUT2D eigenvalue weighted by molar-refractivity contribution is 7.89. The molecule has 0 aliphatic carbocycles. The van der Waals surface area contributed by atoms with Crippen molar-refractivity contribution in [3.63, 3.8) is 0 Å². The van der Waals surface area contributed by atoms with Crippen molar-refractivity contribution in [1.82, 2.24) is 9.62 Å². The Balaban J connectivity index is 2.29. The summed E-state index contributed by atoms with van der Waals surface area (Å²) in [6, 6.07) is 1.77. The van der Waals surface area contributed by atoms with Crippen LogP contribution in [0, 0.1) is 12.8 Å². The lowest BCUT2D eigenvalue weighted by molar-refractivity contribution is 0.315. The minimum Gasteiger partial charge on any atom is -0.464 e. The van der Waals surface area contributed by atoms with Crippen molar-refractivity contribution in [2.24, 2.45) is 5.92 Å². The van der Waals surface area contributed by atoms with Crippen LogP contribution in [0.2, 0.25) is 0 Å². The summed E-state index contributed by atoms with van der Waals surface area (Å²) in [7, 11) is -3.46. The van der Waals surface area contributed by atoms with E-state index in [1.807, 2.05) is 6.92 Å². The zero-order valence-electron chi connectivity index (χ0n) is 13.3. The van der Waals surface area contributed by atoms with E-state index in [9.17, 15) is 8.42 Å². The molecule has 1 aromatic heterocycles. The maximum absolute atomic E-state index is 12.9. The average molecular weight is 314 g/mol. The predicted molar refractivity (Wildman–Crippen MR) is 82.6 cm³/mol. The summed E-state index contributed by atoms with van der Waals surface area (Å²) >= 11 is 0. The van der Waals surface area contributed by atoms with Crippen LogP contribution in [-0.4, -0.2) is 31.9 Å². The molecule has 0 saturated carbocycles. The fourth-order valence-corrected chi connectivity index (χ4v) is 4.99. The van der Waals surface area contributed by atoms with E-state index < -0.39 is 10.0 Å². The Bertz CT molecular complexity index is 578. The third kappa shape index (κ3) is 3.33. The second kappa shape index (κ2) is 6.50. The molecule has 5 nitrogen and oxygen atoms in total. The Morgan fingerprint density at radius 2 is 2.19 bits per heavy atom. The number of sulfonamides is 1. The van der Waals surface area contributed by atoms with Gasteiger partial charge in [0.1, 0.15) is 16.4 Å². The molecule has 2 rings (SSSR count). The summed E-state index contributed by atoms with van der Waals surface area (Å²) in [5.41, 5.74) is 0. The number of hydrogen-bond acceptors (Lipinski definition) is 4. The Kier molecular flexibility index (Phi) is 5.11. The lowest BCUT2D eigenvalue weighted by Crippen LogP contribution is -2.38. The van der Waals surface area contributed by atoms with E-state index in [-0.39, 0.29) is 6.04 Å². The fourth-order valence-electron chi connectivity index (χ4n) is 2.97. The van der Waals surface area contributed by atoms with Crippen molar-refractivity contribution in [2.45, 2.75) is 58.0 Å². The summed E-state index contributed by atoms with van der Waals surface area (Å²) in [4.78, 5) is 0.322. The molecule has 120 valence electrons. The molecule has 1 N–H and O–H groups in total. The van der Waals surface area contributed by atoms with Crippen LogP contribution in [0.15, 0.2) is 15.4 Å². The van der Waals surface area contributed by atoms with Crippen LogP contribution in [0.1, 0.15) is 45.1 Å². The number of rotatable bonds is 6. The van der Waals surface area contributed by atoms with Crippen LogP contribution >= 0.6 is 0 Å². The first kappa shape index (κ1) is 16.5. The molecule has 1 aliphatic heterocycles. The minimum absolute atomic E-state index is 0.0986. The topological polar surface area (TPSA) is 62.6 Å². The van der Waals surface area contributed by atoms with Gasteiger partial charge in [0.25, 0.3) is 0 Å². The van der Waals surface area contributed by atoms with Crippen molar-refractivity contribution in [2.75, 3.05) is 13.1 Å². The molecule has 1 aromatic rings. The van der Waals surface area contributed by atoms with Gasteiger partial charge in [-0.15, -0.1) is 0 Å². The maximum atomic E-state index is 12.9. The van der Waals surface area contributed by atoms with Gasteiger partial charge in [-0.05, 0) is 32.2 Å². The molecule has 1 unspecified atom stereocenters. The largest absolute Gasteiger partial charge is 0.464 e. The van der Waals surface area contributed by atoms with Gasteiger partial charge in [-0.3, -0.25) is 0 Å². The van der Waals surface area contributed by atoms with E-state index >= 15 is 0 Å². The van der Waals surface area contributed by atoms with Crippen molar-refractivity contribution < 1.29 is 12.8 Å². The van der Waals surface area contributed by atoms with Gasteiger partial charge in [0.05, 0.1) is 6.54 Å². The van der Waals surface area contributed by atoms with Crippen LogP contribution in [0.5, 0.6) is 0 Å². The lowest BCUT2D eigenvalue weighted by atomic mass is 10.0. The molecule has 1 saturated heterocycles. The highest BCUT2D eigenvalue weighted by Crippen LogP contribution is 2.32. The number of nitrogens with zero attached hydrogens (tertiary/aromatic N) is 1. The molecular weight excluding hydrogens is 288 g/mol. The van der Waals surface area contributed by atoms with Gasteiger partial charge in [-0.2, -0.15) is 4.31 Å². The Morgan fingerprint density at radius 1 is 1.48 bits per heavy atom. The molecule has 0 amide bonds. The third-order valence-corrected chi connectivity index (χ3v) is 6.11. The first-order chi connectivity index (χ1) is 9.87. The lowest BCUT2D eigenvalue weighted by Gasteiger charge is -2.26. The van der Waals surface area contributed by atoms with Crippen LogP contribution < -0.4 is 5.32 Å². The molecule has 1 atom stereocenters. The number of aryl methyl sites for hydroxylation is 1. The highest BCUT2D eigenvalue weighted by Gasteiger charge is 2.38. The van der Waals surface area contributed by atoms with Crippen LogP contribution in [0.4, 0.5) is 0 Å². The summed E-state index contributed by atoms with van der Waals surface area (Å²) in [6.07, 6.45) is 1.88. The summed E-state index contributed by atoms with van der Waals surface area (Å²) in [6.45, 7) is 9.88. The van der Waals surface area contributed by atoms with Gasteiger partial charge >= 0.3 is 0 Å². The highest BCUT2D eigenvalue weighted by atomic mass is 32.2. The second-order valence-electron chi connectivity index (χ2n) is 5.98. The molecule has 0 radical (unpaired) electrons. The molecule has 0 bridgehead atoms. The molecule has 1 aliphatic rings. The van der Waals surface area contributed by atoms with E-state index in [1.165, 1.54) is 0 Å². The Morgan fingerprint density at radius 3 is 2.81 bits per heavy atom. The molecular formula is C15H26N2O3S. The van der Waals surface area contributed by atoms with Gasteiger partial charge in [0, 0.05) is 18.7 Å². The zero-order valence-corrected chi connectivity index (χ0v) is 14.2. The molecule has 2 heterocycles. The first-order valence-electron chi connectivity index (χ1n) is 7.69. The van der Waals surface area contributed by atoms with E-state index in [0.29, 0.717) is 35.4 Å². The average Bonchev–Trinajstić information content (AvgIpc) is 3.03. The third-order valence-electron chi connectivity index (χ3n) is 4.08. The normalized spacial score (nSPS) is 20.5. The molecule has 0 spiro atoms. The minimum atomic E-state index is -3.46. The quantitative estimate of drug-likeness (QED) is 0.876. The van der Waals surface area contributed by atoms with Crippen LogP contribution in [-0.2, 0) is 16.6 Å². The maximum Gasteiger partial charge on any atom is 0.246 e. The second-order valence-corrected chi connectivity index (χ2v) is 7.84. The number of hydrogen-bond donors (Lipinski definition) is 1. The number of furan rings is 1. The zero-order chi connectivity index (χ0) is 15.6. The van der Waals surface area contributed by atoms with E-state index in [2.05, 4.69) is 19.2 Å². The van der Waals surface area contributed by atoms with E-state index in [1.54, 1.807) is 17.3 Å². The molecule has 21 heavy (non-hydrogen) atoms. The van der Waals surface area contributed by atoms with Gasteiger partial charge in [0.15, 0.2) is 0 Å². The fraction of sp³-hybridized carbons (Fsp3) is 0.733. The number of nitrogens with one attached hydrogen (secondary N) is 1. The van der Waals surface area contributed by atoms with E-state index in [0.717, 1.165) is 19.4 Å². The Hall–Kier alpha value is -0.850. The van der Waals surface area contributed by atoms with Crippen molar-refractivity contribution in [1.29, 1.82) is 0 Å².